The van der Waals surface area contributed by atoms with Gasteiger partial charge in [0.15, 0.2) is 17.8 Å². The van der Waals surface area contributed by atoms with Gasteiger partial charge in [0.05, 0.1) is 11.1 Å². The second-order valence-corrected chi connectivity index (χ2v) is 4.88. The normalized spacial score (nSPS) is 9.92. The van der Waals surface area contributed by atoms with Crippen LogP contribution in [-0.2, 0) is 9.59 Å². The van der Waals surface area contributed by atoms with Crippen LogP contribution < -0.4 is 9.47 Å². The average Bonchev–Trinajstić information content (AvgIpc) is 2.54. The van der Waals surface area contributed by atoms with Crippen LogP contribution in [0.5, 0.6) is 11.5 Å². The zero-order valence-corrected chi connectivity index (χ0v) is 13.1. The highest BCUT2D eigenvalue weighted by molar-refractivity contribution is 6.12. The minimum absolute atomic E-state index is 0.0749. The molecule has 2 aromatic carbocycles. The maximum absolute atomic E-state index is 12.6. The number of carbonyl (C=O) groups excluding carboxylic acids is 4. The summed E-state index contributed by atoms with van der Waals surface area (Å²) in [6.45, 7) is 2.46. The Labute approximate surface area is 138 Å². The maximum Gasteiger partial charge on any atom is 0.308 e. The van der Waals surface area contributed by atoms with Crippen molar-refractivity contribution < 1.29 is 28.7 Å². The van der Waals surface area contributed by atoms with Gasteiger partial charge >= 0.3 is 11.9 Å². The molecule has 0 unspecified atom stereocenters. The summed E-state index contributed by atoms with van der Waals surface area (Å²) >= 11 is 0. The Hall–Kier alpha value is -3.28. The average molecular weight is 326 g/mol. The second-order valence-electron chi connectivity index (χ2n) is 4.88. The van der Waals surface area contributed by atoms with Crippen LogP contribution in [0.25, 0.3) is 0 Å². The molecule has 0 saturated carbocycles. The molecule has 0 heterocycles. The lowest BCUT2D eigenvalue weighted by Gasteiger charge is -2.10. The zero-order chi connectivity index (χ0) is 17.7. The van der Waals surface area contributed by atoms with Gasteiger partial charge in [-0.15, -0.1) is 0 Å². The topological polar surface area (TPSA) is 86.7 Å². The molecule has 0 aromatic heterocycles. The molecule has 0 N–H and O–H groups in total. The Morgan fingerprint density at radius 2 is 1.50 bits per heavy atom. The molecule has 0 radical (unpaired) electrons. The molecular weight excluding hydrogens is 312 g/mol. The van der Waals surface area contributed by atoms with Crippen LogP contribution in [0.3, 0.4) is 0 Å². The van der Waals surface area contributed by atoms with Gasteiger partial charge in [0.2, 0.25) is 0 Å². The first kappa shape index (κ1) is 17.1. The fraction of sp³-hybridized carbons (Fsp3) is 0.111. The number of hydrogen-bond donors (Lipinski definition) is 0. The lowest BCUT2D eigenvalue weighted by molar-refractivity contribution is -0.132. The molecule has 2 aromatic rings. The van der Waals surface area contributed by atoms with E-state index in [2.05, 4.69) is 0 Å². The van der Waals surface area contributed by atoms with E-state index in [-0.39, 0.29) is 16.9 Å². The van der Waals surface area contributed by atoms with Gasteiger partial charge < -0.3 is 9.47 Å². The molecule has 0 aliphatic carbocycles. The van der Waals surface area contributed by atoms with Gasteiger partial charge in [-0.3, -0.25) is 19.2 Å². The third-order valence-corrected chi connectivity index (χ3v) is 3.04. The number of ketones is 1. The molecule has 0 bridgehead atoms. The van der Waals surface area contributed by atoms with Crippen LogP contribution >= 0.6 is 0 Å². The highest BCUT2D eigenvalue weighted by atomic mass is 16.5. The van der Waals surface area contributed by atoms with Gasteiger partial charge in [-0.05, 0) is 36.4 Å². The van der Waals surface area contributed by atoms with Crippen molar-refractivity contribution in [2.75, 3.05) is 0 Å². The van der Waals surface area contributed by atoms with E-state index < -0.39 is 17.7 Å². The predicted molar refractivity (Wildman–Crippen MR) is 84.3 cm³/mol. The number of benzene rings is 2. The molecule has 0 aliphatic heterocycles. The largest absolute Gasteiger partial charge is 0.427 e. The first-order chi connectivity index (χ1) is 11.4. The summed E-state index contributed by atoms with van der Waals surface area (Å²) in [6, 6.07) is 10.3. The molecule has 6 nitrogen and oxygen atoms in total. The van der Waals surface area contributed by atoms with E-state index in [0.717, 1.165) is 0 Å². The summed E-state index contributed by atoms with van der Waals surface area (Å²) in [7, 11) is 0. The number of rotatable bonds is 5. The summed E-state index contributed by atoms with van der Waals surface area (Å²) in [5, 5.41) is 0. The van der Waals surface area contributed by atoms with Crippen LogP contribution in [0.15, 0.2) is 42.5 Å². The van der Waals surface area contributed by atoms with Crippen molar-refractivity contribution in [3.05, 3.63) is 59.2 Å². The van der Waals surface area contributed by atoms with Crippen molar-refractivity contribution in [3.8, 4) is 11.5 Å². The van der Waals surface area contributed by atoms with Crippen LogP contribution in [-0.4, -0.2) is 24.0 Å². The molecule has 0 atom stereocenters. The van der Waals surface area contributed by atoms with E-state index in [1.807, 2.05) is 0 Å². The molecule has 6 heteroatoms. The molecule has 0 amide bonds. The van der Waals surface area contributed by atoms with Crippen molar-refractivity contribution in [2.45, 2.75) is 13.8 Å². The summed E-state index contributed by atoms with van der Waals surface area (Å²) in [4.78, 5) is 45.9. The van der Waals surface area contributed by atoms with Crippen molar-refractivity contribution in [1.82, 2.24) is 0 Å². The molecule has 0 aliphatic rings. The number of ether oxygens (including phenoxy) is 2. The summed E-state index contributed by atoms with van der Waals surface area (Å²) in [6.07, 6.45) is 0.513. The van der Waals surface area contributed by atoms with Crippen LogP contribution in [0.1, 0.15) is 40.1 Å². The summed E-state index contributed by atoms with van der Waals surface area (Å²) < 4.78 is 9.93. The third kappa shape index (κ3) is 3.92. The Bertz CT molecular complexity index is 805. The SMILES string of the molecule is CC(=O)Oc1ccc(C(=O)c2cccc(C=O)c2OC(C)=O)cc1. The fourth-order valence-corrected chi connectivity index (χ4v) is 2.08. The number of para-hydroxylation sites is 1. The quantitative estimate of drug-likeness (QED) is 0.363. The monoisotopic (exact) mass is 326 g/mol. The second kappa shape index (κ2) is 7.32. The van der Waals surface area contributed by atoms with Gasteiger partial charge in [-0.25, -0.2) is 0 Å². The first-order valence-electron chi connectivity index (χ1n) is 7.02. The Morgan fingerprint density at radius 3 is 2.04 bits per heavy atom. The molecule has 122 valence electrons. The maximum atomic E-state index is 12.6. The molecule has 0 saturated heterocycles. The third-order valence-electron chi connectivity index (χ3n) is 3.04. The molecule has 2 rings (SSSR count). The number of carbonyl (C=O) groups is 4. The van der Waals surface area contributed by atoms with Gasteiger partial charge in [0.25, 0.3) is 0 Å². The van der Waals surface area contributed by atoms with Crippen LogP contribution in [0, 0.1) is 0 Å². The highest BCUT2D eigenvalue weighted by Crippen LogP contribution is 2.26. The molecular formula is C18H14O6. The van der Waals surface area contributed by atoms with E-state index in [1.165, 1.54) is 56.3 Å². The van der Waals surface area contributed by atoms with E-state index in [1.54, 1.807) is 0 Å². The lowest BCUT2D eigenvalue weighted by Crippen LogP contribution is -2.11. The Balaban J connectivity index is 2.40. The number of esters is 2. The Kier molecular flexibility index (Phi) is 5.21. The van der Waals surface area contributed by atoms with Crippen LogP contribution in [0.4, 0.5) is 0 Å². The van der Waals surface area contributed by atoms with E-state index in [9.17, 15) is 19.2 Å². The molecule has 24 heavy (non-hydrogen) atoms. The van der Waals surface area contributed by atoms with Crippen molar-refractivity contribution in [2.24, 2.45) is 0 Å². The number of hydrogen-bond acceptors (Lipinski definition) is 6. The van der Waals surface area contributed by atoms with E-state index >= 15 is 0 Å². The summed E-state index contributed by atoms with van der Waals surface area (Å²) in [5.41, 5.74) is 0.491. The lowest BCUT2D eigenvalue weighted by atomic mass is 10.00. The Morgan fingerprint density at radius 1 is 0.875 bits per heavy atom. The fourth-order valence-electron chi connectivity index (χ4n) is 2.08. The minimum atomic E-state index is -0.636. The van der Waals surface area contributed by atoms with Gasteiger partial charge in [-0.2, -0.15) is 0 Å². The van der Waals surface area contributed by atoms with Gasteiger partial charge in [0, 0.05) is 19.4 Å². The standard InChI is InChI=1S/C18H14O6/c1-11(20)23-15-8-6-13(7-9-15)17(22)16-5-3-4-14(10-19)18(16)24-12(2)21/h3-10H,1-2H3. The molecule has 0 fully saturated rings. The van der Waals surface area contributed by atoms with Crippen molar-refractivity contribution in [3.63, 3.8) is 0 Å². The van der Waals surface area contributed by atoms with Crippen molar-refractivity contribution in [1.29, 1.82) is 0 Å². The molecule has 0 spiro atoms. The smallest absolute Gasteiger partial charge is 0.308 e. The summed E-state index contributed by atoms with van der Waals surface area (Å²) in [5.74, 6) is -1.30. The van der Waals surface area contributed by atoms with Gasteiger partial charge in [-0.1, -0.05) is 6.07 Å². The zero-order valence-electron chi connectivity index (χ0n) is 13.1. The van der Waals surface area contributed by atoms with Crippen LogP contribution in [0.2, 0.25) is 0 Å². The minimum Gasteiger partial charge on any atom is -0.427 e. The van der Waals surface area contributed by atoms with E-state index in [4.69, 9.17) is 9.47 Å². The highest BCUT2D eigenvalue weighted by Gasteiger charge is 2.19. The first-order valence-corrected chi connectivity index (χ1v) is 7.02. The number of aldehydes is 1. The van der Waals surface area contributed by atoms with Gasteiger partial charge in [0.1, 0.15) is 5.75 Å². The predicted octanol–water partition coefficient (Wildman–Crippen LogP) is 2.58. The van der Waals surface area contributed by atoms with E-state index in [0.29, 0.717) is 17.6 Å². The van der Waals surface area contributed by atoms with Crippen molar-refractivity contribution >= 4 is 24.0 Å².